The summed E-state index contributed by atoms with van der Waals surface area (Å²) in [6.45, 7) is 11.2. The zero-order valence-electron chi connectivity index (χ0n) is 35.2. The highest BCUT2D eigenvalue weighted by Gasteiger charge is 2.30. The molecule has 18 nitrogen and oxygen atoms in total. The summed E-state index contributed by atoms with van der Waals surface area (Å²) in [5, 5.41) is 45.2. The second-order valence-corrected chi connectivity index (χ2v) is 15.4. The smallest absolute Gasteiger partial charge is 0.407 e. The number of hydrogen-bond donors (Lipinski definition) is 8. The molecule has 0 heterocycles. The number of carbonyl (C=O) groups excluding carboxylic acids is 5. The predicted molar refractivity (Wildman–Crippen MR) is 227 cm³/mol. The van der Waals surface area contributed by atoms with Crippen molar-refractivity contribution in [1.82, 2.24) is 31.5 Å². The van der Waals surface area contributed by atoms with Crippen LogP contribution in [0.4, 0.5) is 19.2 Å². The highest BCUT2D eigenvalue weighted by molar-refractivity contribution is 5.85. The predicted octanol–water partition coefficient (Wildman–Crippen LogP) is 2.91. The van der Waals surface area contributed by atoms with E-state index in [0.29, 0.717) is 12.8 Å². The largest absolute Gasteiger partial charge is 0.449 e. The second kappa shape index (κ2) is 25.8. The average molecular weight is 855 g/mol. The van der Waals surface area contributed by atoms with Crippen molar-refractivity contribution in [2.45, 2.75) is 75.9 Å². The lowest BCUT2D eigenvalue weighted by Gasteiger charge is -2.29. The molecule has 3 rings (SSSR count). The molecule has 0 radical (unpaired) electrons. The van der Waals surface area contributed by atoms with Crippen LogP contribution in [0, 0.1) is 0 Å². The molecule has 0 saturated carbocycles. The Morgan fingerprint density at radius 2 is 1.18 bits per heavy atom. The van der Waals surface area contributed by atoms with E-state index < -0.39 is 60.2 Å². The zero-order chi connectivity index (χ0) is 44.8. The number of aliphatic hydroxyl groups excluding tert-OH is 3. The van der Waals surface area contributed by atoms with Gasteiger partial charge in [-0.15, -0.1) is 0 Å². The van der Waals surface area contributed by atoms with E-state index in [2.05, 4.69) is 39.7 Å². The number of fused-ring (bicyclic) bond motifs is 3. The van der Waals surface area contributed by atoms with Gasteiger partial charge in [-0.3, -0.25) is 9.69 Å². The number of ether oxygens (including phenoxy) is 4. The van der Waals surface area contributed by atoms with Gasteiger partial charge in [-0.2, -0.15) is 0 Å². The van der Waals surface area contributed by atoms with Crippen LogP contribution in [0.25, 0.3) is 11.1 Å². The SMILES string of the molecule is C=CCOC(=O)NC[C@@H](O)CN(C[C@H](O)CNC(=O)OCC=C)C[C@H](O)CNC(=O)[C@H](CCCCNC(=O)OC(C)(C)C)NC(=O)OCC1c2ccccc2-c2ccccc21. The molecular weight excluding hydrogens is 793 g/mol. The van der Waals surface area contributed by atoms with Gasteiger partial charge in [0, 0.05) is 51.7 Å². The number of hydrogen-bond acceptors (Lipinski definition) is 13. The quantitative estimate of drug-likeness (QED) is 0.0408. The van der Waals surface area contributed by atoms with Crippen LogP contribution in [0.1, 0.15) is 57.1 Å². The third-order valence-corrected chi connectivity index (χ3v) is 9.09. The fraction of sp³-hybridized carbons (Fsp3) is 0.512. The molecule has 0 spiro atoms. The van der Waals surface area contributed by atoms with Crippen LogP contribution in [0.5, 0.6) is 0 Å². The Morgan fingerprint density at radius 1 is 0.689 bits per heavy atom. The van der Waals surface area contributed by atoms with Crippen molar-refractivity contribution in [2.24, 2.45) is 0 Å². The van der Waals surface area contributed by atoms with Crippen molar-refractivity contribution in [3.05, 3.63) is 85.0 Å². The second-order valence-electron chi connectivity index (χ2n) is 15.4. The van der Waals surface area contributed by atoms with Gasteiger partial charge in [0.2, 0.25) is 5.91 Å². The molecular formula is C43H62N6O12. The van der Waals surface area contributed by atoms with Gasteiger partial charge >= 0.3 is 24.4 Å². The third-order valence-electron chi connectivity index (χ3n) is 9.09. The molecule has 0 aliphatic heterocycles. The maximum atomic E-state index is 13.6. The van der Waals surface area contributed by atoms with E-state index in [-0.39, 0.29) is 78.0 Å². The lowest BCUT2D eigenvalue weighted by Crippen LogP contribution is -2.51. The molecule has 2 aromatic carbocycles. The number of rotatable bonds is 25. The van der Waals surface area contributed by atoms with Gasteiger partial charge in [0.25, 0.3) is 0 Å². The minimum atomic E-state index is -1.24. The molecule has 61 heavy (non-hydrogen) atoms. The highest BCUT2D eigenvalue weighted by Crippen LogP contribution is 2.44. The van der Waals surface area contributed by atoms with E-state index in [1.165, 1.54) is 17.1 Å². The molecule has 8 N–H and O–H groups in total. The Hall–Kier alpha value is -5.69. The van der Waals surface area contributed by atoms with Crippen molar-refractivity contribution >= 4 is 30.3 Å². The van der Waals surface area contributed by atoms with Crippen LogP contribution in [-0.4, -0.2) is 146 Å². The summed E-state index contributed by atoms with van der Waals surface area (Å²) in [5.41, 5.74) is 3.50. The van der Waals surface area contributed by atoms with Gasteiger partial charge in [0.05, 0.1) is 18.3 Å². The number of alkyl carbamates (subject to hydrolysis) is 4. The molecule has 1 aliphatic carbocycles. The van der Waals surface area contributed by atoms with E-state index in [4.69, 9.17) is 18.9 Å². The summed E-state index contributed by atoms with van der Waals surface area (Å²) in [6, 6.07) is 14.7. The van der Waals surface area contributed by atoms with Crippen LogP contribution in [0.3, 0.4) is 0 Å². The van der Waals surface area contributed by atoms with Crippen molar-refractivity contribution in [1.29, 1.82) is 0 Å². The fourth-order valence-corrected chi connectivity index (χ4v) is 6.46. The summed E-state index contributed by atoms with van der Waals surface area (Å²) >= 11 is 0. The Balaban J connectivity index is 1.63. The maximum absolute atomic E-state index is 13.6. The average Bonchev–Trinajstić information content (AvgIpc) is 3.53. The normalized spacial score (nSPS) is 13.9. The molecule has 2 aromatic rings. The summed E-state index contributed by atoms with van der Waals surface area (Å²) in [6.07, 6.45) is -2.75. The Kier molecular flexibility index (Phi) is 21.0. The zero-order valence-corrected chi connectivity index (χ0v) is 35.2. The maximum Gasteiger partial charge on any atom is 0.407 e. The topological polar surface area (TPSA) is 246 Å². The van der Waals surface area contributed by atoms with Crippen molar-refractivity contribution in [3.8, 4) is 11.1 Å². The minimum absolute atomic E-state index is 0.0251. The molecule has 336 valence electrons. The molecule has 0 bridgehead atoms. The molecule has 18 heteroatoms. The first-order chi connectivity index (χ1) is 29.1. The van der Waals surface area contributed by atoms with E-state index in [1.807, 2.05) is 48.5 Å². The van der Waals surface area contributed by atoms with Crippen LogP contribution in [0.2, 0.25) is 0 Å². The number of amides is 5. The van der Waals surface area contributed by atoms with Crippen molar-refractivity contribution in [3.63, 3.8) is 0 Å². The van der Waals surface area contributed by atoms with E-state index >= 15 is 0 Å². The van der Waals surface area contributed by atoms with Crippen molar-refractivity contribution < 1.29 is 58.2 Å². The Bertz CT molecular complexity index is 1670. The van der Waals surface area contributed by atoms with Gasteiger partial charge < -0.3 is 60.9 Å². The lowest BCUT2D eigenvalue weighted by molar-refractivity contribution is -0.123. The fourth-order valence-electron chi connectivity index (χ4n) is 6.46. The van der Waals surface area contributed by atoms with Gasteiger partial charge in [-0.25, -0.2) is 19.2 Å². The number of carbonyl (C=O) groups is 5. The third kappa shape index (κ3) is 18.6. The molecule has 0 fully saturated rings. The first kappa shape index (κ1) is 49.7. The van der Waals surface area contributed by atoms with Gasteiger partial charge in [-0.1, -0.05) is 73.8 Å². The summed E-state index contributed by atoms with van der Waals surface area (Å²) < 4.78 is 20.7. The summed E-state index contributed by atoms with van der Waals surface area (Å²) in [7, 11) is 0. The molecule has 0 aromatic heterocycles. The van der Waals surface area contributed by atoms with Crippen molar-refractivity contribution in [2.75, 3.05) is 65.6 Å². The molecule has 0 saturated heterocycles. The number of benzene rings is 2. The Labute approximate surface area is 357 Å². The van der Waals surface area contributed by atoms with Crippen LogP contribution in [0.15, 0.2) is 73.8 Å². The standard InChI is InChI=1S/C43H62N6O12/c1-6-20-58-39(54)46-23-30(51)26-49(27-31(52)24-47-40(55)59-21-7-2)25-29(50)22-45-38(53)37(18-12-13-19-44-41(56)61-43(3,4)5)48-42(57)60-28-36-34-16-10-8-14-32(34)33-15-9-11-17-35(33)36/h6-11,14-17,29-31,36-37,50-52H,1-2,12-13,18-28H2,3-5H3,(H,44,56)(H,45,53)(H,46,54)(H,47,55)(H,48,57)/t29-,30-,31-,37+/m1/s1. The highest BCUT2D eigenvalue weighted by atomic mass is 16.6. The van der Waals surface area contributed by atoms with E-state index in [9.17, 15) is 39.3 Å². The summed E-state index contributed by atoms with van der Waals surface area (Å²) in [5.74, 6) is -0.813. The Morgan fingerprint density at radius 3 is 1.67 bits per heavy atom. The minimum Gasteiger partial charge on any atom is -0.449 e. The molecule has 1 aliphatic rings. The first-order valence-electron chi connectivity index (χ1n) is 20.3. The number of nitrogens with one attached hydrogen (secondary N) is 5. The number of unbranched alkanes of at least 4 members (excludes halogenated alkanes) is 1. The molecule has 5 amide bonds. The van der Waals surface area contributed by atoms with Crippen LogP contribution >= 0.6 is 0 Å². The monoisotopic (exact) mass is 854 g/mol. The van der Waals surface area contributed by atoms with E-state index in [1.54, 1.807) is 20.8 Å². The van der Waals surface area contributed by atoms with Gasteiger partial charge in [0.1, 0.15) is 31.5 Å². The lowest BCUT2D eigenvalue weighted by atomic mass is 9.98. The first-order valence-corrected chi connectivity index (χ1v) is 20.3. The van der Waals surface area contributed by atoms with Crippen LogP contribution < -0.4 is 26.6 Å². The molecule has 4 atom stereocenters. The van der Waals surface area contributed by atoms with Crippen LogP contribution in [-0.2, 0) is 23.7 Å². The van der Waals surface area contributed by atoms with Gasteiger partial charge in [-0.05, 0) is 62.3 Å². The number of aliphatic hydroxyl groups is 3. The van der Waals surface area contributed by atoms with Gasteiger partial charge in [0.15, 0.2) is 0 Å². The molecule has 0 unspecified atom stereocenters. The van der Waals surface area contributed by atoms with E-state index in [0.717, 1.165) is 22.3 Å². The summed E-state index contributed by atoms with van der Waals surface area (Å²) in [4.78, 5) is 64.2. The number of nitrogens with zero attached hydrogens (tertiary/aromatic N) is 1.